The fourth-order valence-electron chi connectivity index (χ4n) is 0.848. The lowest BCUT2D eigenvalue weighted by Gasteiger charge is -1.85. The predicted octanol–water partition coefficient (Wildman–Crippen LogP) is 3.11. The van der Waals surface area contributed by atoms with Crippen molar-refractivity contribution in [3.63, 3.8) is 0 Å². The second-order valence-corrected chi connectivity index (χ2v) is 4.05. The molecule has 0 fully saturated rings. The van der Waals surface area contributed by atoms with Crippen molar-refractivity contribution in [3.8, 4) is 0 Å². The van der Waals surface area contributed by atoms with Crippen LogP contribution in [0.25, 0.3) is 10.2 Å². The smallest absolute Gasteiger partial charge is 0.192 e. The molecule has 0 aliphatic heterocycles. The molecule has 0 aromatic carbocycles. The second kappa shape index (κ2) is 3.31. The standard InChI is InChI=1S/C6H3ClIN3S/c7-5-1-4-3(2-9-5)10-6(11-8)12-4/h1-2H,(H,10,11). The van der Waals surface area contributed by atoms with Crippen molar-refractivity contribution in [2.45, 2.75) is 0 Å². The van der Waals surface area contributed by atoms with Crippen LogP contribution in [-0.2, 0) is 0 Å². The molecule has 0 spiro atoms. The number of nitrogens with one attached hydrogen (secondary N) is 1. The molecule has 0 unspecified atom stereocenters. The molecule has 0 atom stereocenters. The number of hydrogen-bond donors (Lipinski definition) is 1. The van der Waals surface area contributed by atoms with Gasteiger partial charge in [-0.3, -0.25) is 0 Å². The Labute approximate surface area is 91.7 Å². The molecular weight excluding hydrogens is 309 g/mol. The minimum absolute atomic E-state index is 0.506. The SMILES string of the molecule is Clc1cc2sc(NI)nc2cn1. The Kier molecular flexibility index (Phi) is 2.33. The highest BCUT2D eigenvalue weighted by molar-refractivity contribution is 14.1. The molecule has 0 aliphatic carbocycles. The molecule has 0 saturated carbocycles. The molecule has 62 valence electrons. The summed E-state index contributed by atoms with van der Waals surface area (Å²) in [6.07, 6.45) is 1.67. The van der Waals surface area contributed by atoms with Crippen LogP contribution in [0.5, 0.6) is 0 Å². The van der Waals surface area contributed by atoms with Gasteiger partial charge >= 0.3 is 0 Å². The molecule has 6 heteroatoms. The third-order valence-corrected chi connectivity index (χ3v) is 3.34. The number of thiazole rings is 1. The summed E-state index contributed by atoms with van der Waals surface area (Å²) in [4.78, 5) is 8.19. The maximum absolute atomic E-state index is 5.72. The Bertz CT molecular complexity index is 416. The van der Waals surface area contributed by atoms with Crippen molar-refractivity contribution >= 4 is 61.2 Å². The number of anilines is 1. The van der Waals surface area contributed by atoms with Crippen LogP contribution in [0, 0.1) is 0 Å². The normalized spacial score (nSPS) is 10.5. The molecule has 0 bridgehead atoms. The molecule has 12 heavy (non-hydrogen) atoms. The lowest BCUT2D eigenvalue weighted by molar-refractivity contribution is 1.34. The van der Waals surface area contributed by atoms with Gasteiger partial charge in [0.1, 0.15) is 10.7 Å². The Morgan fingerprint density at radius 2 is 2.42 bits per heavy atom. The Morgan fingerprint density at radius 1 is 1.58 bits per heavy atom. The summed E-state index contributed by atoms with van der Waals surface area (Å²) >= 11 is 9.32. The van der Waals surface area contributed by atoms with Gasteiger partial charge in [-0.05, 0) is 6.07 Å². The van der Waals surface area contributed by atoms with E-state index in [1.54, 1.807) is 17.5 Å². The van der Waals surface area contributed by atoms with Gasteiger partial charge in [0, 0.05) is 0 Å². The minimum Gasteiger partial charge on any atom is -0.304 e. The summed E-state index contributed by atoms with van der Waals surface area (Å²) in [5, 5.41) is 1.38. The van der Waals surface area contributed by atoms with Crippen molar-refractivity contribution in [3.05, 3.63) is 17.4 Å². The van der Waals surface area contributed by atoms with Crippen LogP contribution in [0.2, 0.25) is 5.15 Å². The quantitative estimate of drug-likeness (QED) is 0.499. The van der Waals surface area contributed by atoms with Crippen LogP contribution >= 0.6 is 45.8 Å². The van der Waals surface area contributed by atoms with Crippen molar-refractivity contribution in [1.29, 1.82) is 0 Å². The van der Waals surface area contributed by atoms with E-state index in [9.17, 15) is 0 Å². The van der Waals surface area contributed by atoms with Crippen LogP contribution in [0.15, 0.2) is 12.3 Å². The number of rotatable bonds is 1. The zero-order valence-electron chi connectivity index (χ0n) is 5.71. The van der Waals surface area contributed by atoms with Crippen LogP contribution in [0.3, 0.4) is 0 Å². The van der Waals surface area contributed by atoms with Crippen molar-refractivity contribution in [2.75, 3.05) is 3.53 Å². The second-order valence-electron chi connectivity index (χ2n) is 2.09. The number of halogens is 2. The van der Waals surface area contributed by atoms with Gasteiger partial charge in [-0.2, -0.15) is 0 Å². The van der Waals surface area contributed by atoms with E-state index in [1.807, 2.05) is 28.9 Å². The number of pyridine rings is 1. The van der Waals surface area contributed by atoms with Gasteiger partial charge < -0.3 is 3.53 Å². The van der Waals surface area contributed by atoms with Crippen molar-refractivity contribution in [2.24, 2.45) is 0 Å². The average Bonchev–Trinajstić information content (AvgIpc) is 2.46. The highest BCUT2D eigenvalue weighted by Gasteiger charge is 2.02. The number of fused-ring (bicyclic) bond motifs is 1. The van der Waals surface area contributed by atoms with Crippen LogP contribution in [-0.4, -0.2) is 9.97 Å². The van der Waals surface area contributed by atoms with Gasteiger partial charge in [-0.1, -0.05) is 22.9 Å². The predicted molar refractivity (Wildman–Crippen MR) is 60.1 cm³/mol. The first-order valence-corrected chi connectivity index (χ1v) is 5.35. The lowest BCUT2D eigenvalue weighted by Crippen LogP contribution is -1.75. The van der Waals surface area contributed by atoms with E-state index >= 15 is 0 Å². The van der Waals surface area contributed by atoms with Gasteiger partial charge in [0.2, 0.25) is 0 Å². The van der Waals surface area contributed by atoms with Crippen LogP contribution in [0.4, 0.5) is 5.13 Å². The van der Waals surface area contributed by atoms with E-state index < -0.39 is 0 Å². The molecule has 2 heterocycles. The maximum Gasteiger partial charge on any atom is 0.192 e. The van der Waals surface area contributed by atoms with E-state index in [0.29, 0.717) is 5.15 Å². The first-order chi connectivity index (χ1) is 5.79. The summed E-state index contributed by atoms with van der Waals surface area (Å²) in [6, 6.07) is 1.81. The Hall–Kier alpha value is -0.140. The topological polar surface area (TPSA) is 37.8 Å². The summed E-state index contributed by atoms with van der Waals surface area (Å²) in [5.74, 6) is 0. The summed E-state index contributed by atoms with van der Waals surface area (Å²) in [7, 11) is 0. The minimum atomic E-state index is 0.506. The monoisotopic (exact) mass is 311 g/mol. The molecule has 2 rings (SSSR count). The first-order valence-electron chi connectivity index (χ1n) is 3.08. The lowest BCUT2D eigenvalue weighted by atomic mass is 10.5. The molecule has 0 radical (unpaired) electrons. The Balaban J connectivity index is 2.67. The van der Waals surface area contributed by atoms with E-state index in [0.717, 1.165) is 15.3 Å². The van der Waals surface area contributed by atoms with Gasteiger partial charge in [-0.15, -0.1) is 0 Å². The first kappa shape index (κ1) is 8.46. The zero-order chi connectivity index (χ0) is 8.55. The van der Waals surface area contributed by atoms with Crippen LogP contribution < -0.4 is 3.53 Å². The highest BCUT2D eigenvalue weighted by atomic mass is 127. The van der Waals surface area contributed by atoms with Crippen molar-refractivity contribution < 1.29 is 0 Å². The largest absolute Gasteiger partial charge is 0.304 e. The molecule has 1 N–H and O–H groups in total. The summed E-state index contributed by atoms with van der Waals surface area (Å²) in [6.45, 7) is 0. The van der Waals surface area contributed by atoms with Gasteiger partial charge in [0.25, 0.3) is 0 Å². The summed E-state index contributed by atoms with van der Waals surface area (Å²) in [5.41, 5.74) is 0.878. The summed E-state index contributed by atoms with van der Waals surface area (Å²) < 4.78 is 3.99. The molecule has 0 aliphatic rings. The third kappa shape index (κ3) is 1.48. The third-order valence-electron chi connectivity index (χ3n) is 1.32. The number of hydrogen-bond acceptors (Lipinski definition) is 4. The molecule has 2 aromatic rings. The van der Waals surface area contributed by atoms with Gasteiger partial charge in [0.05, 0.1) is 33.8 Å². The fraction of sp³-hybridized carbons (Fsp3) is 0. The number of nitrogens with zero attached hydrogens (tertiary/aromatic N) is 2. The number of aromatic nitrogens is 2. The maximum atomic E-state index is 5.72. The average molecular weight is 312 g/mol. The van der Waals surface area contributed by atoms with E-state index in [4.69, 9.17) is 11.6 Å². The molecule has 3 nitrogen and oxygen atoms in total. The van der Waals surface area contributed by atoms with E-state index in [2.05, 4.69) is 13.5 Å². The fourth-order valence-corrected chi connectivity index (χ4v) is 2.29. The molecule has 0 saturated heterocycles. The van der Waals surface area contributed by atoms with Gasteiger partial charge in [0.15, 0.2) is 5.13 Å². The van der Waals surface area contributed by atoms with E-state index in [-0.39, 0.29) is 0 Å². The Morgan fingerprint density at radius 3 is 3.17 bits per heavy atom. The van der Waals surface area contributed by atoms with E-state index in [1.165, 1.54) is 0 Å². The van der Waals surface area contributed by atoms with Crippen LogP contribution in [0.1, 0.15) is 0 Å². The molecule has 2 aromatic heterocycles. The molecular formula is C6H3ClIN3S. The van der Waals surface area contributed by atoms with Crippen molar-refractivity contribution in [1.82, 2.24) is 9.97 Å². The molecule has 0 amide bonds. The zero-order valence-corrected chi connectivity index (χ0v) is 9.44. The van der Waals surface area contributed by atoms with Gasteiger partial charge in [-0.25, -0.2) is 9.97 Å². The highest BCUT2D eigenvalue weighted by Crippen LogP contribution is 2.27.